The molecule has 0 saturated carbocycles. The van der Waals surface area contributed by atoms with Crippen molar-refractivity contribution in [2.24, 2.45) is 0 Å². The number of carbonyl (C=O) groups is 1. The van der Waals surface area contributed by atoms with E-state index >= 15 is 0 Å². The number of nitrogen functional groups attached to an aromatic ring is 1. The average Bonchev–Trinajstić information content (AvgIpc) is 2.51. The number of nitrogens with two attached hydrogens (primary N) is 1. The van der Waals surface area contributed by atoms with Crippen LogP contribution in [-0.4, -0.2) is 21.7 Å². The van der Waals surface area contributed by atoms with Gasteiger partial charge in [-0.05, 0) is 13.0 Å². The van der Waals surface area contributed by atoms with Crippen LogP contribution in [0.3, 0.4) is 0 Å². The Balaban J connectivity index is 2.40. The molecule has 0 bridgehead atoms. The molecule has 1 amide bonds. The smallest absolute Gasteiger partial charge is 0.241 e. The first kappa shape index (κ1) is 11.1. The number of amides is 1. The molecule has 0 fully saturated rings. The van der Waals surface area contributed by atoms with Crippen molar-refractivity contribution in [3.8, 4) is 12.3 Å². The van der Waals surface area contributed by atoms with Crippen LogP contribution < -0.4 is 11.1 Å². The van der Waals surface area contributed by atoms with Crippen molar-refractivity contribution in [1.82, 2.24) is 15.1 Å². The minimum absolute atomic E-state index is 0.0181. The van der Waals surface area contributed by atoms with Crippen molar-refractivity contribution >= 4 is 11.7 Å². The van der Waals surface area contributed by atoms with E-state index in [0.717, 1.165) is 0 Å². The molecule has 1 unspecified atom stereocenters. The minimum Gasteiger partial charge on any atom is -0.382 e. The lowest BCUT2D eigenvalue weighted by Gasteiger charge is -2.10. The zero-order valence-corrected chi connectivity index (χ0v) is 8.60. The van der Waals surface area contributed by atoms with Crippen LogP contribution in [0.15, 0.2) is 12.3 Å². The summed E-state index contributed by atoms with van der Waals surface area (Å²) in [6.07, 6.45) is 7.30. The van der Waals surface area contributed by atoms with E-state index in [1.54, 1.807) is 12.3 Å². The molecule has 1 rings (SSSR count). The highest BCUT2D eigenvalue weighted by atomic mass is 16.2. The van der Waals surface area contributed by atoms with Crippen LogP contribution in [-0.2, 0) is 11.3 Å². The fourth-order valence-electron chi connectivity index (χ4n) is 1.16. The Bertz CT molecular complexity index is 377. The van der Waals surface area contributed by atoms with Gasteiger partial charge in [0.1, 0.15) is 12.4 Å². The number of nitrogens with zero attached hydrogens (tertiary/aromatic N) is 2. The number of terminal acetylenes is 1. The lowest BCUT2D eigenvalue weighted by atomic mass is 10.2. The molecule has 0 saturated heterocycles. The molecule has 0 spiro atoms. The number of carbonyl (C=O) groups excluding carboxylic acids is 1. The van der Waals surface area contributed by atoms with E-state index in [-0.39, 0.29) is 18.5 Å². The van der Waals surface area contributed by atoms with Crippen LogP contribution in [0.1, 0.15) is 13.3 Å². The molecule has 1 heterocycles. The van der Waals surface area contributed by atoms with Crippen molar-refractivity contribution in [3.05, 3.63) is 12.3 Å². The Hall–Kier alpha value is -1.96. The minimum atomic E-state index is -0.124. The van der Waals surface area contributed by atoms with E-state index < -0.39 is 0 Å². The third-order valence-electron chi connectivity index (χ3n) is 1.80. The zero-order valence-electron chi connectivity index (χ0n) is 8.60. The van der Waals surface area contributed by atoms with Gasteiger partial charge < -0.3 is 11.1 Å². The molecule has 1 aromatic heterocycles. The van der Waals surface area contributed by atoms with Gasteiger partial charge in [0, 0.05) is 18.7 Å². The molecule has 3 N–H and O–H groups in total. The van der Waals surface area contributed by atoms with Crippen molar-refractivity contribution in [1.29, 1.82) is 0 Å². The molecule has 0 aliphatic heterocycles. The Morgan fingerprint density at radius 2 is 2.60 bits per heavy atom. The monoisotopic (exact) mass is 206 g/mol. The van der Waals surface area contributed by atoms with Crippen LogP contribution in [0.2, 0.25) is 0 Å². The van der Waals surface area contributed by atoms with E-state index in [4.69, 9.17) is 12.2 Å². The molecule has 15 heavy (non-hydrogen) atoms. The molecule has 80 valence electrons. The molecule has 5 nitrogen and oxygen atoms in total. The Morgan fingerprint density at radius 3 is 3.13 bits per heavy atom. The van der Waals surface area contributed by atoms with Crippen molar-refractivity contribution in [2.45, 2.75) is 25.9 Å². The van der Waals surface area contributed by atoms with Crippen LogP contribution in [0.25, 0.3) is 0 Å². The summed E-state index contributed by atoms with van der Waals surface area (Å²) >= 11 is 0. The van der Waals surface area contributed by atoms with Gasteiger partial charge >= 0.3 is 0 Å². The second-order valence-corrected chi connectivity index (χ2v) is 3.31. The lowest BCUT2D eigenvalue weighted by Crippen LogP contribution is -2.34. The van der Waals surface area contributed by atoms with E-state index in [0.29, 0.717) is 12.2 Å². The van der Waals surface area contributed by atoms with Crippen LogP contribution in [0.5, 0.6) is 0 Å². The SMILES string of the molecule is C#CCC(C)NC(=O)Cn1ccc(N)n1. The van der Waals surface area contributed by atoms with Crippen LogP contribution in [0.4, 0.5) is 5.82 Å². The fraction of sp³-hybridized carbons (Fsp3) is 0.400. The third kappa shape index (κ3) is 3.73. The van der Waals surface area contributed by atoms with E-state index in [9.17, 15) is 4.79 Å². The predicted molar refractivity (Wildman–Crippen MR) is 57.7 cm³/mol. The summed E-state index contributed by atoms with van der Waals surface area (Å²) in [5.41, 5.74) is 5.41. The van der Waals surface area contributed by atoms with Gasteiger partial charge in [0.25, 0.3) is 0 Å². The summed E-state index contributed by atoms with van der Waals surface area (Å²) in [7, 11) is 0. The fourth-order valence-corrected chi connectivity index (χ4v) is 1.16. The molecule has 1 aromatic rings. The van der Waals surface area contributed by atoms with Gasteiger partial charge in [-0.15, -0.1) is 12.3 Å². The molecule has 5 heteroatoms. The van der Waals surface area contributed by atoms with Crippen molar-refractivity contribution in [3.63, 3.8) is 0 Å². The average molecular weight is 206 g/mol. The molecule has 0 aromatic carbocycles. The second kappa shape index (κ2) is 5.05. The maximum Gasteiger partial charge on any atom is 0.241 e. The number of nitrogens with one attached hydrogen (secondary N) is 1. The second-order valence-electron chi connectivity index (χ2n) is 3.31. The summed E-state index contributed by atoms with van der Waals surface area (Å²) in [5.74, 6) is 2.76. The van der Waals surface area contributed by atoms with E-state index in [1.165, 1.54) is 4.68 Å². The van der Waals surface area contributed by atoms with Crippen LogP contribution >= 0.6 is 0 Å². The maximum atomic E-state index is 11.4. The molecule has 0 radical (unpaired) electrons. The molecule has 0 aliphatic carbocycles. The first-order valence-corrected chi connectivity index (χ1v) is 4.63. The largest absolute Gasteiger partial charge is 0.382 e. The van der Waals surface area contributed by atoms with Gasteiger partial charge in [-0.1, -0.05) is 0 Å². The predicted octanol–water partition coefficient (Wildman–Crippen LogP) is -0.00670. The Kier molecular flexibility index (Phi) is 3.75. The van der Waals surface area contributed by atoms with E-state index in [1.807, 2.05) is 6.92 Å². The number of aromatic nitrogens is 2. The summed E-state index contributed by atoms with van der Waals surface area (Å²) < 4.78 is 1.48. The summed E-state index contributed by atoms with van der Waals surface area (Å²) in [4.78, 5) is 11.4. The standard InChI is InChI=1S/C10H14N4O/c1-3-4-8(2)12-10(15)7-14-6-5-9(11)13-14/h1,5-6,8H,4,7H2,2H3,(H2,11,13)(H,12,15). The Labute approximate surface area is 88.6 Å². The van der Waals surface area contributed by atoms with E-state index in [2.05, 4.69) is 16.3 Å². The number of hydrogen-bond acceptors (Lipinski definition) is 3. The number of hydrogen-bond donors (Lipinski definition) is 2. The lowest BCUT2D eigenvalue weighted by molar-refractivity contribution is -0.122. The number of rotatable bonds is 4. The first-order valence-electron chi connectivity index (χ1n) is 4.63. The highest BCUT2D eigenvalue weighted by Crippen LogP contribution is 1.95. The van der Waals surface area contributed by atoms with Gasteiger partial charge in [0.05, 0.1) is 0 Å². The van der Waals surface area contributed by atoms with Crippen molar-refractivity contribution in [2.75, 3.05) is 5.73 Å². The maximum absolute atomic E-state index is 11.4. The van der Waals surface area contributed by atoms with Gasteiger partial charge in [-0.3, -0.25) is 9.48 Å². The normalized spacial score (nSPS) is 11.7. The summed E-state index contributed by atoms with van der Waals surface area (Å²) in [6, 6.07) is 1.62. The zero-order chi connectivity index (χ0) is 11.3. The van der Waals surface area contributed by atoms with Gasteiger partial charge in [0.15, 0.2) is 0 Å². The summed E-state index contributed by atoms with van der Waals surface area (Å²) in [6.45, 7) is 2.02. The molecule has 0 aliphatic rings. The first-order chi connectivity index (χ1) is 7.11. The molecular formula is C10H14N4O. The number of anilines is 1. The topological polar surface area (TPSA) is 72.9 Å². The Morgan fingerprint density at radius 1 is 1.87 bits per heavy atom. The van der Waals surface area contributed by atoms with Gasteiger partial charge in [-0.25, -0.2) is 0 Å². The van der Waals surface area contributed by atoms with Crippen molar-refractivity contribution < 1.29 is 4.79 Å². The molecule has 1 atom stereocenters. The molecular weight excluding hydrogens is 192 g/mol. The van der Waals surface area contributed by atoms with Gasteiger partial charge in [-0.2, -0.15) is 5.10 Å². The quantitative estimate of drug-likeness (QED) is 0.681. The highest BCUT2D eigenvalue weighted by molar-refractivity contribution is 5.75. The van der Waals surface area contributed by atoms with Crippen LogP contribution in [0, 0.1) is 12.3 Å². The highest BCUT2D eigenvalue weighted by Gasteiger charge is 2.07. The van der Waals surface area contributed by atoms with Gasteiger partial charge in [0.2, 0.25) is 5.91 Å². The third-order valence-corrected chi connectivity index (χ3v) is 1.80. The summed E-state index contributed by atoms with van der Waals surface area (Å²) in [5, 5.41) is 6.65.